The summed E-state index contributed by atoms with van der Waals surface area (Å²) in [6.07, 6.45) is 2.13. The number of nitrogens with one attached hydrogen (secondary N) is 2. The minimum absolute atomic E-state index is 0.00757. The van der Waals surface area contributed by atoms with E-state index < -0.39 is 17.8 Å². The van der Waals surface area contributed by atoms with Gasteiger partial charge < -0.3 is 20.1 Å². The molecule has 2 heterocycles. The molecule has 2 rings (SSSR count). The van der Waals surface area contributed by atoms with E-state index in [4.69, 9.17) is 9.47 Å². The number of nitrogens with zero attached hydrogens (tertiary/aromatic N) is 2. The predicted molar refractivity (Wildman–Crippen MR) is 128 cm³/mol. The molecule has 0 fully saturated rings. The molecule has 0 saturated carbocycles. The molecule has 0 aliphatic carbocycles. The van der Waals surface area contributed by atoms with Gasteiger partial charge in [-0.05, 0) is 32.8 Å². The molecular weight excluding hydrogens is 488 g/mol. The SMILES string of the molecule is CCCCC(=O)Nc1nnc(SCC(=O)Nc2sc(C(=O)OCC)c(C)c2C(=O)OCC)s1. The van der Waals surface area contributed by atoms with Crippen LogP contribution in [0, 0.1) is 6.92 Å². The summed E-state index contributed by atoms with van der Waals surface area (Å²) < 4.78 is 10.6. The van der Waals surface area contributed by atoms with Crippen molar-refractivity contribution in [2.45, 2.75) is 51.3 Å². The number of unbranched alkanes of at least 4 members (excludes halogenated alkanes) is 1. The summed E-state index contributed by atoms with van der Waals surface area (Å²) in [6, 6.07) is 0. The molecule has 2 N–H and O–H groups in total. The zero-order chi connectivity index (χ0) is 24.4. The van der Waals surface area contributed by atoms with Crippen molar-refractivity contribution in [3.63, 3.8) is 0 Å². The molecule has 0 spiro atoms. The van der Waals surface area contributed by atoms with E-state index in [2.05, 4.69) is 20.8 Å². The highest BCUT2D eigenvalue weighted by Gasteiger charge is 2.27. The van der Waals surface area contributed by atoms with Crippen molar-refractivity contribution < 1.29 is 28.7 Å². The molecule has 0 unspecified atom stereocenters. The van der Waals surface area contributed by atoms with E-state index in [0.29, 0.717) is 21.5 Å². The standard InChI is InChI=1S/C20H26N4O6S3/c1-5-8-9-12(25)22-19-23-24-20(33-19)31-10-13(26)21-16-14(17(27)29-6-2)11(4)15(32-16)18(28)30-7-3/h5-10H2,1-4H3,(H,21,26)(H,22,23,25). The Morgan fingerprint density at radius 2 is 1.64 bits per heavy atom. The minimum atomic E-state index is -0.627. The highest BCUT2D eigenvalue weighted by molar-refractivity contribution is 8.01. The summed E-state index contributed by atoms with van der Waals surface area (Å²) in [5.41, 5.74) is 0.531. The van der Waals surface area contributed by atoms with Crippen molar-refractivity contribution in [3.05, 3.63) is 16.0 Å². The Labute approximate surface area is 203 Å². The first-order valence-corrected chi connectivity index (χ1v) is 13.0. The quantitative estimate of drug-likeness (QED) is 0.243. The summed E-state index contributed by atoms with van der Waals surface area (Å²) >= 11 is 3.28. The molecule has 0 atom stereocenters. The number of thioether (sulfide) groups is 1. The molecule has 2 aromatic rings. The van der Waals surface area contributed by atoms with Crippen molar-refractivity contribution in [1.82, 2.24) is 10.2 Å². The molecule has 10 nitrogen and oxygen atoms in total. The van der Waals surface area contributed by atoms with E-state index in [1.54, 1.807) is 20.8 Å². The summed E-state index contributed by atoms with van der Waals surface area (Å²) in [6.45, 7) is 7.30. The number of amides is 2. The van der Waals surface area contributed by atoms with Crippen LogP contribution in [0.15, 0.2) is 4.34 Å². The topological polar surface area (TPSA) is 137 Å². The molecular formula is C20H26N4O6S3. The van der Waals surface area contributed by atoms with E-state index in [0.717, 1.165) is 35.9 Å². The molecule has 0 radical (unpaired) electrons. The fourth-order valence-electron chi connectivity index (χ4n) is 2.57. The Kier molecular flexibility index (Phi) is 10.7. The van der Waals surface area contributed by atoms with Gasteiger partial charge in [-0.15, -0.1) is 21.5 Å². The Morgan fingerprint density at radius 1 is 0.939 bits per heavy atom. The average Bonchev–Trinajstić information content (AvgIpc) is 3.34. The van der Waals surface area contributed by atoms with Crippen LogP contribution in [0.5, 0.6) is 0 Å². The highest BCUT2D eigenvalue weighted by Crippen LogP contribution is 2.35. The highest BCUT2D eigenvalue weighted by atomic mass is 32.2. The normalized spacial score (nSPS) is 10.5. The molecule has 33 heavy (non-hydrogen) atoms. The first kappa shape index (κ1) is 26.7. The van der Waals surface area contributed by atoms with Gasteiger partial charge in [-0.3, -0.25) is 9.59 Å². The van der Waals surface area contributed by atoms with Crippen LogP contribution in [-0.4, -0.2) is 52.9 Å². The molecule has 0 saturated heterocycles. The number of rotatable bonds is 12. The molecule has 0 bridgehead atoms. The van der Waals surface area contributed by atoms with Crippen LogP contribution < -0.4 is 10.6 Å². The van der Waals surface area contributed by atoms with Crippen LogP contribution in [-0.2, 0) is 19.1 Å². The number of carbonyl (C=O) groups is 4. The van der Waals surface area contributed by atoms with E-state index in [-0.39, 0.29) is 40.3 Å². The Hall–Kier alpha value is -2.51. The number of hydrogen-bond acceptors (Lipinski definition) is 11. The van der Waals surface area contributed by atoms with Gasteiger partial charge >= 0.3 is 11.9 Å². The monoisotopic (exact) mass is 514 g/mol. The fourth-order valence-corrected chi connectivity index (χ4v) is 5.24. The van der Waals surface area contributed by atoms with E-state index in [1.165, 1.54) is 11.3 Å². The molecule has 180 valence electrons. The van der Waals surface area contributed by atoms with Gasteiger partial charge in [0.1, 0.15) is 9.88 Å². The molecule has 2 amide bonds. The minimum Gasteiger partial charge on any atom is -0.462 e. The van der Waals surface area contributed by atoms with Gasteiger partial charge in [0, 0.05) is 6.42 Å². The third kappa shape index (κ3) is 7.79. The predicted octanol–water partition coefficient (Wildman–Crippen LogP) is 4.12. The van der Waals surface area contributed by atoms with Crippen molar-refractivity contribution in [2.75, 3.05) is 29.6 Å². The van der Waals surface area contributed by atoms with Gasteiger partial charge in [-0.2, -0.15) is 0 Å². The second kappa shape index (κ2) is 13.3. The zero-order valence-corrected chi connectivity index (χ0v) is 21.3. The lowest BCUT2D eigenvalue weighted by Crippen LogP contribution is -2.16. The van der Waals surface area contributed by atoms with Crippen molar-refractivity contribution >= 4 is 68.3 Å². The zero-order valence-electron chi connectivity index (χ0n) is 18.8. The maximum atomic E-state index is 12.5. The average molecular weight is 515 g/mol. The van der Waals surface area contributed by atoms with E-state index in [1.807, 2.05) is 6.92 Å². The molecule has 0 aromatic carbocycles. The smallest absolute Gasteiger partial charge is 0.348 e. The van der Waals surface area contributed by atoms with Gasteiger partial charge in [-0.25, -0.2) is 9.59 Å². The lowest BCUT2D eigenvalue weighted by Gasteiger charge is -2.06. The number of thiophene rings is 1. The van der Waals surface area contributed by atoms with Crippen molar-refractivity contribution in [3.8, 4) is 0 Å². The number of ether oxygens (including phenoxy) is 2. The molecule has 2 aromatic heterocycles. The Bertz CT molecular complexity index is 1000. The van der Waals surface area contributed by atoms with Crippen LogP contribution >= 0.6 is 34.4 Å². The third-order valence-electron chi connectivity index (χ3n) is 4.08. The Morgan fingerprint density at radius 3 is 2.30 bits per heavy atom. The summed E-state index contributed by atoms with van der Waals surface area (Å²) in [7, 11) is 0. The van der Waals surface area contributed by atoms with Gasteiger partial charge in [-0.1, -0.05) is 36.4 Å². The summed E-state index contributed by atoms with van der Waals surface area (Å²) in [5, 5.41) is 13.8. The second-order valence-corrected chi connectivity index (χ2v) is 9.78. The summed E-state index contributed by atoms with van der Waals surface area (Å²) in [4.78, 5) is 49.2. The largest absolute Gasteiger partial charge is 0.462 e. The van der Waals surface area contributed by atoms with Crippen LogP contribution in [0.1, 0.15) is 65.6 Å². The van der Waals surface area contributed by atoms with Crippen LogP contribution in [0.25, 0.3) is 0 Å². The van der Waals surface area contributed by atoms with E-state index >= 15 is 0 Å². The van der Waals surface area contributed by atoms with Gasteiger partial charge in [0.15, 0.2) is 4.34 Å². The lowest BCUT2D eigenvalue weighted by molar-refractivity contribution is -0.116. The van der Waals surface area contributed by atoms with Crippen molar-refractivity contribution in [1.29, 1.82) is 0 Å². The molecule has 0 aliphatic heterocycles. The number of aromatic nitrogens is 2. The van der Waals surface area contributed by atoms with E-state index in [9.17, 15) is 19.2 Å². The second-order valence-electron chi connectivity index (χ2n) is 6.56. The van der Waals surface area contributed by atoms with Crippen LogP contribution in [0.4, 0.5) is 10.1 Å². The Balaban J connectivity index is 2.04. The number of carbonyl (C=O) groups excluding carboxylic acids is 4. The van der Waals surface area contributed by atoms with Crippen LogP contribution in [0.2, 0.25) is 0 Å². The number of anilines is 2. The third-order valence-corrected chi connectivity index (χ3v) is 7.24. The van der Waals surface area contributed by atoms with Gasteiger partial charge in [0.25, 0.3) is 0 Å². The first-order chi connectivity index (χ1) is 15.8. The van der Waals surface area contributed by atoms with Gasteiger partial charge in [0.05, 0.1) is 24.5 Å². The maximum absolute atomic E-state index is 12.5. The summed E-state index contributed by atoms with van der Waals surface area (Å²) in [5.74, 6) is -1.72. The number of hydrogen-bond donors (Lipinski definition) is 2. The first-order valence-electron chi connectivity index (χ1n) is 10.3. The van der Waals surface area contributed by atoms with Crippen molar-refractivity contribution in [2.24, 2.45) is 0 Å². The molecule has 0 aliphatic rings. The van der Waals surface area contributed by atoms with Crippen LogP contribution in [0.3, 0.4) is 0 Å². The number of esters is 2. The lowest BCUT2D eigenvalue weighted by atomic mass is 10.1. The fraction of sp³-hybridized carbons (Fsp3) is 0.500. The molecule has 13 heteroatoms. The van der Waals surface area contributed by atoms with Gasteiger partial charge in [0.2, 0.25) is 16.9 Å². The maximum Gasteiger partial charge on any atom is 0.348 e.